The summed E-state index contributed by atoms with van der Waals surface area (Å²) in [6, 6.07) is 4.06. The molecule has 0 heterocycles. The summed E-state index contributed by atoms with van der Waals surface area (Å²) in [5.74, 6) is -1.29. The van der Waals surface area contributed by atoms with Crippen molar-refractivity contribution in [2.75, 3.05) is 0 Å². The summed E-state index contributed by atoms with van der Waals surface area (Å²) < 4.78 is 27.7. The average molecular weight is 280 g/mol. The lowest BCUT2D eigenvalue weighted by Crippen LogP contribution is -1.99. The van der Waals surface area contributed by atoms with Gasteiger partial charge in [-0.2, -0.15) is 0 Å². The topological polar surface area (TPSA) is 20.2 Å². The largest absolute Gasteiger partial charge is 0.505 e. The lowest BCUT2D eigenvalue weighted by Gasteiger charge is -2.15. The van der Waals surface area contributed by atoms with Crippen LogP contribution in [0.2, 0.25) is 0 Å². The number of phenolic OH excluding ortho intramolecular Hbond substituents is 1. The first-order valence-electron chi connectivity index (χ1n) is 7.09. The van der Waals surface area contributed by atoms with Crippen LogP contribution in [-0.2, 0) is 6.42 Å². The first-order chi connectivity index (χ1) is 9.47. The smallest absolute Gasteiger partial charge is 0.172 e. The molecule has 1 N–H and O–H groups in total. The minimum atomic E-state index is -0.677. The second-order valence-electron chi connectivity index (χ2n) is 4.76. The Morgan fingerprint density at radius 3 is 2.25 bits per heavy atom. The summed E-state index contributed by atoms with van der Waals surface area (Å²) >= 11 is 0. The Hall–Kier alpha value is -1.64. The highest BCUT2D eigenvalue weighted by atomic mass is 19.1. The van der Waals surface area contributed by atoms with E-state index < -0.39 is 5.82 Å². The minimum Gasteiger partial charge on any atom is -0.505 e. The summed E-state index contributed by atoms with van der Waals surface area (Å²) in [5.41, 5.74) is 1.29. The van der Waals surface area contributed by atoms with E-state index in [2.05, 4.69) is 0 Å². The lowest BCUT2D eigenvalue weighted by molar-refractivity contribution is 0.435. The zero-order valence-electron chi connectivity index (χ0n) is 12.7. The molecule has 0 fully saturated rings. The monoisotopic (exact) mass is 280 g/mol. The molecule has 0 spiro atoms. The SMILES string of the molecule is CC.CCc1c(F)ccc2c(F)c(O)cc(C(C)C)c12. The highest BCUT2D eigenvalue weighted by molar-refractivity contribution is 5.91. The molecular weight excluding hydrogens is 258 g/mol. The van der Waals surface area contributed by atoms with Gasteiger partial charge in [0.1, 0.15) is 5.82 Å². The van der Waals surface area contributed by atoms with Gasteiger partial charge in [-0.25, -0.2) is 8.78 Å². The number of aromatic hydroxyl groups is 1. The van der Waals surface area contributed by atoms with E-state index in [9.17, 15) is 13.9 Å². The summed E-state index contributed by atoms with van der Waals surface area (Å²) in [4.78, 5) is 0. The van der Waals surface area contributed by atoms with Crippen LogP contribution in [-0.4, -0.2) is 5.11 Å². The van der Waals surface area contributed by atoms with Crippen molar-refractivity contribution in [3.63, 3.8) is 0 Å². The van der Waals surface area contributed by atoms with Crippen molar-refractivity contribution in [2.45, 2.75) is 47.0 Å². The van der Waals surface area contributed by atoms with Crippen molar-refractivity contribution in [1.29, 1.82) is 0 Å². The normalized spacial score (nSPS) is 10.6. The van der Waals surface area contributed by atoms with Crippen LogP contribution in [0.25, 0.3) is 10.8 Å². The Bertz CT molecular complexity index is 604. The van der Waals surface area contributed by atoms with Crippen LogP contribution in [0.3, 0.4) is 0 Å². The van der Waals surface area contributed by atoms with Gasteiger partial charge in [-0.05, 0) is 47.1 Å². The van der Waals surface area contributed by atoms with Crippen LogP contribution in [0.15, 0.2) is 18.2 Å². The van der Waals surface area contributed by atoms with Gasteiger partial charge in [-0.15, -0.1) is 0 Å². The molecule has 2 rings (SSSR count). The second kappa shape index (κ2) is 6.69. The van der Waals surface area contributed by atoms with E-state index in [0.717, 1.165) is 5.56 Å². The molecule has 110 valence electrons. The third kappa shape index (κ3) is 2.77. The third-order valence-electron chi connectivity index (χ3n) is 3.27. The number of hydrogen-bond acceptors (Lipinski definition) is 1. The maximum absolute atomic E-state index is 13.9. The molecule has 0 bridgehead atoms. The van der Waals surface area contributed by atoms with Gasteiger partial charge in [0.05, 0.1) is 0 Å². The predicted molar refractivity (Wildman–Crippen MR) is 80.3 cm³/mol. The standard InChI is InChI=1S/C15H16F2O.C2H6/c1-4-9-12(16)6-5-10-14(9)11(8(2)3)7-13(18)15(10)17;1-2/h5-8,18H,4H2,1-3H3;1-2H3. The van der Waals surface area contributed by atoms with E-state index in [1.54, 1.807) is 0 Å². The highest BCUT2D eigenvalue weighted by Gasteiger charge is 2.18. The Labute approximate surface area is 119 Å². The first-order valence-corrected chi connectivity index (χ1v) is 7.09. The van der Waals surface area contributed by atoms with Crippen molar-refractivity contribution in [3.8, 4) is 5.75 Å². The van der Waals surface area contributed by atoms with Crippen molar-refractivity contribution in [1.82, 2.24) is 0 Å². The summed E-state index contributed by atoms with van der Waals surface area (Å²) in [5, 5.41) is 10.5. The van der Waals surface area contributed by atoms with Crippen LogP contribution in [0.5, 0.6) is 5.75 Å². The Kier molecular flexibility index (Phi) is 5.49. The molecule has 0 atom stereocenters. The zero-order chi connectivity index (χ0) is 15.4. The van der Waals surface area contributed by atoms with Crippen LogP contribution >= 0.6 is 0 Å². The molecule has 0 aliphatic heterocycles. The Morgan fingerprint density at radius 1 is 1.15 bits per heavy atom. The van der Waals surface area contributed by atoms with Crippen molar-refractivity contribution >= 4 is 10.8 Å². The third-order valence-corrected chi connectivity index (χ3v) is 3.27. The van der Waals surface area contributed by atoms with Crippen LogP contribution < -0.4 is 0 Å². The van der Waals surface area contributed by atoms with E-state index in [-0.39, 0.29) is 22.9 Å². The van der Waals surface area contributed by atoms with Gasteiger partial charge in [0, 0.05) is 5.39 Å². The number of aryl methyl sites for hydroxylation is 1. The number of hydrogen-bond donors (Lipinski definition) is 1. The minimum absolute atomic E-state index is 0.0890. The summed E-state index contributed by atoms with van der Waals surface area (Å²) in [7, 11) is 0. The van der Waals surface area contributed by atoms with E-state index in [4.69, 9.17) is 0 Å². The van der Waals surface area contributed by atoms with Gasteiger partial charge in [0.2, 0.25) is 0 Å². The number of phenols is 1. The van der Waals surface area contributed by atoms with Gasteiger partial charge in [0.25, 0.3) is 0 Å². The molecule has 0 radical (unpaired) electrons. The summed E-state index contributed by atoms with van der Waals surface area (Å²) in [6.45, 7) is 9.72. The molecule has 0 amide bonds. The fourth-order valence-electron chi connectivity index (χ4n) is 2.36. The predicted octanol–water partition coefficient (Wildman–Crippen LogP) is 5.54. The van der Waals surface area contributed by atoms with Crippen molar-refractivity contribution in [3.05, 3.63) is 41.0 Å². The zero-order valence-corrected chi connectivity index (χ0v) is 12.7. The Morgan fingerprint density at radius 2 is 1.75 bits per heavy atom. The molecule has 20 heavy (non-hydrogen) atoms. The molecule has 1 nitrogen and oxygen atoms in total. The molecule has 2 aromatic rings. The van der Waals surface area contributed by atoms with E-state index in [0.29, 0.717) is 17.4 Å². The van der Waals surface area contributed by atoms with Gasteiger partial charge in [-0.1, -0.05) is 34.6 Å². The fraction of sp³-hybridized carbons (Fsp3) is 0.412. The molecule has 0 aliphatic rings. The molecular formula is C17H22F2O. The second-order valence-corrected chi connectivity index (χ2v) is 4.76. The van der Waals surface area contributed by atoms with Gasteiger partial charge in [0.15, 0.2) is 11.6 Å². The molecule has 0 aromatic heterocycles. The molecule has 3 heteroatoms. The maximum Gasteiger partial charge on any atom is 0.172 e. The lowest BCUT2D eigenvalue weighted by atomic mass is 9.91. The molecule has 0 unspecified atom stereocenters. The van der Waals surface area contributed by atoms with Gasteiger partial charge < -0.3 is 5.11 Å². The quantitative estimate of drug-likeness (QED) is 0.766. The molecule has 0 saturated carbocycles. The number of fused-ring (bicyclic) bond motifs is 1. The van der Waals surface area contributed by atoms with Crippen LogP contribution in [0.4, 0.5) is 8.78 Å². The van der Waals surface area contributed by atoms with Gasteiger partial charge >= 0.3 is 0 Å². The highest BCUT2D eigenvalue weighted by Crippen LogP contribution is 2.36. The van der Waals surface area contributed by atoms with Crippen LogP contribution in [0.1, 0.15) is 51.7 Å². The van der Waals surface area contributed by atoms with Crippen molar-refractivity contribution < 1.29 is 13.9 Å². The number of halogens is 2. The molecule has 0 saturated heterocycles. The van der Waals surface area contributed by atoms with E-state index >= 15 is 0 Å². The molecule has 0 aliphatic carbocycles. The first kappa shape index (κ1) is 16.4. The summed E-state index contributed by atoms with van der Waals surface area (Å²) in [6.07, 6.45) is 0.493. The Balaban J connectivity index is 0.000000956. The maximum atomic E-state index is 13.9. The fourth-order valence-corrected chi connectivity index (χ4v) is 2.36. The van der Waals surface area contributed by atoms with E-state index in [1.807, 2.05) is 34.6 Å². The molecule has 2 aromatic carbocycles. The number of rotatable bonds is 2. The van der Waals surface area contributed by atoms with Gasteiger partial charge in [-0.3, -0.25) is 0 Å². The number of benzene rings is 2. The van der Waals surface area contributed by atoms with Crippen LogP contribution in [0, 0.1) is 11.6 Å². The average Bonchev–Trinajstić information content (AvgIpc) is 2.44. The van der Waals surface area contributed by atoms with E-state index in [1.165, 1.54) is 18.2 Å². The van der Waals surface area contributed by atoms with Crippen molar-refractivity contribution in [2.24, 2.45) is 0 Å².